The van der Waals surface area contributed by atoms with Gasteiger partial charge in [0.1, 0.15) is 5.01 Å². The smallest absolute Gasteiger partial charge is 0.233 e. The van der Waals surface area contributed by atoms with E-state index in [1.807, 2.05) is 41.3 Å². The number of amides is 1. The summed E-state index contributed by atoms with van der Waals surface area (Å²) in [7, 11) is 0. The van der Waals surface area contributed by atoms with E-state index in [9.17, 15) is 4.79 Å². The number of hydrogen-bond donors (Lipinski definition) is 0. The quantitative estimate of drug-likeness (QED) is 0.380. The van der Waals surface area contributed by atoms with Gasteiger partial charge in [0.2, 0.25) is 5.91 Å². The van der Waals surface area contributed by atoms with E-state index in [4.69, 9.17) is 4.98 Å². The number of para-hydroxylation sites is 1. The molecule has 0 unspecified atom stereocenters. The Morgan fingerprint density at radius 2 is 1.74 bits per heavy atom. The van der Waals surface area contributed by atoms with Crippen LogP contribution in [-0.4, -0.2) is 57.6 Å². The Morgan fingerprint density at radius 3 is 2.55 bits per heavy atom. The summed E-state index contributed by atoms with van der Waals surface area (Å²) in [6, 6.07) is 18.4. The molecule has 5 nitrogen and oxygen atoms in total. The van der Waals surface area contributed by atoms with Crippen molar-refractivity contribution in [2.24, 2.45) is 0 Å². The molecule has 0 atom stereocenters. The maximum atomic E-state index is 12.7. The molecule has 1 aliphatic rings. The Hall–Kier alpha value is -2.26. The van der Waals surface area contributed by atoms with Crippen molar-refractivity contribution in [2.75, 3.05) is 31.9 Å². The van der Waals surface area contributed by atoms with Gasteiger partial charge in [0.25, 0.3) is 0 Å². The first-order chi connectivity index (χ1) is 15.2. The minimum Gasteiger partial charge on any atom is -0.339 e. The molecule has 1 amide bonds. The van der Waals surface area contributed by atoms with Gasteiger partial charge in [-0.3, -0.25) is 9.69 Å². The van der Waals surface area contributed by atoms with Crippen LogP contribution in [0.5, 0.6) is 0 Å². The molecule has 2 aromatic carbocycles. The van der Waals surface area contributed by atoms with Crippen molar-refractivity contribution in [3.05, 3.63) is 65.7 Å². The molecule has 3 heterocycles. The summed E-state index contributed by atoms with van der Waals surface area (Å²) in [5, 5.41) is 3.21. The summed E-state index contributed by atoms with van der Waals surface area (Å²) >= 11 is 4.89. The number of piperazine rings is 1. The van der Waals surface area contributed by atoms with Gasteiger partial charge in [0, 0.05) is 43.7 Å². The van der Waals surface area contributed by atoms with E-state index >= 15 is 0 Å². The number of benzene rings is 2. The fourth-order valence-corrected chi connectivity index (χ4v) is 6.39. The fourth-order valence-electron chi connectivity index (χ4n) is 3.60. The minimum absolute atomic E-state index is 0.198. The zero-order chi connectivity index (χ0) is 21.0. The van der Waals surface area contributed by atoms with Gasteiger partial charge in [-0.15, -0.1) is 22.7 Å². The maximum absolute atomic E-state index is 12.7. The lowest BCUT2D eigenvalue weighted by atomic mass is 10.2. The largest absolute Gasteiger partial charge is 0.339 e. The van der Waals surface area contributed by atoms with Crippen LogP contribution in [0.4, 0.5) is 0 Å². The van der Waals surface area contributed by atoms with E-state index in [0.29, 0.717) is 5.75 Å². The zero-order valence-corrected chi connectivity index (χ0v) is 19.4. The van der Waals surface area contributed by atoms with Gasteiger partial charge in [-0.05, 0) is 12.1 Å². The molecule has 0 saturated carbocycles. The summed E-state index contributed by atoms with van der Waals surface area (Å²) in [4.78, 5) is 26.4. The van der Waals surface area contributed by atoms with Gasteiger partial charge in [0.15, 0.2) is 4.34 Å². The van der Waals surface area contributed by atoms with Crippen LogP contribution >= 0.6 is 34.4 Å². The normalized spacial score (nSPS) is 14.9. The molecule has 0 radical (unpaired) electrons. The number of fused-ring (bicyclic) bond motifs is 1. The second-order valence-corrected chi connectivity index (χ2v) is 10.5. The van der Waals surface area contributed by atoms with E-state index in [-0.39, 0.29) is 5.91 Å². The predicted octanol–water partition coefficient (Wildman–Crippen LogP) is 4.86. The van der Waals surface area contributed by atoms with Gasteiger partial charge >= 0.3 is 0 Å². The molecule has 4 aromatic rings. The van der Waals surface area contributed by atoms with E-state index in [2.05, 4.69) is 33.5 Å². The monoisotopic (exact) mass is 466 g/mol. The standard InChI is InChI=1S/C23H22N4OS3/c28-21(16-30-23-25-19-8-4-5-9-20(19)31-23)27-12-10-26(11-13-27)14-18-15-29-22(24-18)17-6-2-1-3-7-17/h1-9,15H,10-14,16H2. The van der Waals surface area contributed by atoms with Crippen LogP contribution in [0.3, 0.4) is 0 Å². The third-order valence-corrected chi connectivity index (χ3v) is 8.38. The lowest BCUT2D eigenvalue weighted by Crippen LogP contribution is -2.48. The second-order valence-electron chi connectivity index (χ2n) is 7.40. The number of rotatable bonds is 6. The molecule has 1 saturated heterocycles. The third kappa shape index (κ3) is 4.98. The Kier molecular flexibility index (Phi) is 6.31. The molecule has 5 rings (SSSR count). The van der Waals surface area contributed by atoms with Crippen LogP contribution in [-0.2, 0) is 11.3 Å². The highest BCUT2D eigenvalue weighted by atomic mass is 32.2. The number of nitrogens with zero attached hydrogens (tertiary/aromatic N) is 4. The lowest BCUT2D eigenvalue weighted by Gasteiger charge is -2.34. The Morgan fingerprint density at radius 1 is 0.968 bits per heavy atom. The van der Waals surface area contributed by atoms with Gasteiger partial charge < -0.3 is 4.90 Å². The van der Waals surface area contributed by atoms with Crippen LogP contribution in [0.15, 0.2) is 64.3 Å². The first kappa shape index (κ1) is 20.6. The maximum Gasteiger partial charge on any atom is 0.233 e. The highest BCUT2D eigenvalue weighted by molar-refractivity contribution is 8.01. The third-order valence-electron chi connectivity index (χ3n) is 5.28. The number of thiazole rings is 2. The molecule has 0 bridgehead atoms. The highest BCUT2D eigenvalue weighted by Gasteiger charge is 2.22. The molecule has 1 fully saturated rings. The molecule has 158 valence electrons. The minimum atomic E-state index is 0.198. The Balaban J connectivity index is 1.10. The SMILES string of the molecule is O=C(CSc1nc2ccccc2s1)N1CCN(Cc2csc(-c3ccccc3)n2)CC1. The number of aromatic nitrogens is 2. The first-order valence-electron chi connectivity index (χ1n) is 10.2. The second kappa shape index (κ2) is 9.48. The van der Waals surface area contributed by atoms with Gasteiger partial charge in [-0.1, -0.05) is 54.2 Å². The summed E-state index contributed by atoms with van der Waals surface area (Å²) < 4.78 is 2.13. The van der Waals surface area contributed by atoms with Crippen LogP contribution in [0, 0.1) is 0 Å². The first-order valence-corrected chi connectivity index (χ1v) is 12.9. The molecular weight excluding hydrogens is 444 g/mol. The van der Waals surface area contributed by atoms with Crippen LogP contribution in [0.2, 0.25) is 0 Å². The van der Waals surface area contributed by atoms with Gasteiger partial charge in [-0.2, -0.15) is 0 Å². The molecule has 0 spiro atoms. The van der Waals surface area contributed by atoms with Crippen molar-refractivity contribution < 1.29 is 4.79 Å². The summed E-state index contributed by atoms with van der Waals surface area (Å²) in [5.41, 5.74) is 3.28. The molecular formula is C23H22N4OS3. The fraction of sp³-hybridized carbons (Fsp3) is 0.261. The van der Waals surface area contributed by atoms with Crippen molar-refractivity contribution in [3.63, 3.8) is 0 Å². The average Bonchev–Trinajstić information content (AvgIpc) is 3.45. The summed E-state index contributed by atoms with van der Waals surface area (Å²) in [5.74, 6) is 0.649. The van der Waals surface area contributed by atoms with Crippen molar-refractivity contribution in [2.45, 2.75) is 10.9 Å². The Labute approximate surface area is 193 Å². The summed E-state index contributed by atoms with van der Waals surface area (Å²) in [6.07, 6.45) is 0. The van der Waals surface area contributed by atoms with Crippen LogP contribution in [0.1, 0.15) is 5.69 Å². The number of carbonyl (C=O) groups excluding carboxylic acids is 1. The van der Waals surface area contributed by atoms with E-state index in [0.717, 1.165) is 53.3 Å². The highest BCUT2D eigenvalue weighted by Crippen LogP contribution is 2.29. The van der Waals surface area contributed by atoms with E-state index in [1.165, 1.54) is 10.3 Å². The zero-order valence-electron chi connectivity index (χ0n) is 16.9. The van der Waals surface area contributed by atoms with Crippen molar-refractivity contribution in [1.82, 2.24) is 19.8 Å². The van der Waals surface area contributed by atoms with Gasteiger partial charge in [0.05, 0.1) is 21.7 Å². The number of hydrogen-bond acceptors (Lipinski definition) is 7. The number of thioether (sulfide) groups is 1. The summed E-state index contributed by atoms with van der Waals surface area (Å²) in [6.45, 7) is 4.15. The van der Waals surface area contributed by atoms with Crippen LogP contribution in [0.25, 0.3) is 20.8 Å². The Bertz CT molecular complexity index is 1130. The molecule has 1 aliphatic heterocycles. The lowest BCUT2D eigenvalue weighted by molar-refractivity contribution is -0.130. The average molecular weight is 467 g/mol. The van der Waals surface area contributed by atoms with Crippen LogP contribution < -0.4 is 0 Å². The molecule has 0 N–H and O–H groups in total. The van der Waals surface area contributed by atoms with Gasteiger partial charge in [-0.25, -0.2) is 9.97 Å². The predicted molar refractivity (Wildman–Crippen MR) is 130 cm³/mol. The molecule has 2 aromatic heterocycles. The number of carbonyl (C=O) groups is 1. The molecule has 31 heavy (non-hydrogen) atoms. The van der Waals surface area contributed by atoms with E-state index in [1.54, 1.807) is 34.4 Å². The van der Waals surface area contributed by atoms with Crippen molar-refractivity contribution in [1.29, 1.82) is 0 Å². The molecule has 8 heteroatoms. The van der Waals surface area contributed by atoms with Crippen molar-refractivity contribution >= 4 is 50.6 Å². The molecule has 0 aliphatic carbocycles. The van der Waals surface area contributed by atoms with Crippen molar-refractivity contribution in [3.8, 4) is 10.6 Å². The van der Waals surface area contributed by atoms with E-state index < -0.39 is 0 Å². The topological polar surface area (TPSA) is 49.3 Å².